The van der Waals surface area contributed by atoms with E-state index in [1.807, 2.05) is 36.4 Å². The molecule has 3 heterocycles. The molecule has 3 amide bonds. The summed E-state index contributed by atoms with van der Waals surface area (Å²) in [5.74, 6) is -1.77. The van der Waals surface area contributed by atoms with Gasteiger partial charge in [0.1, 0.15) is 12.1 Å². The highest BCUT2D eigenvalue weighted by atomic mass is 16.6. The zero-order valence-electron chi connectivity index (χ0n) is 19.2. The Kier molecular flexibility index (Phi) is 6.31. The minimum Gasteiger partial charge on any atom is -0.446 e. The number of hydrogen-bond donors (Lipinski definition) is 2. The summed E-state index contributed by atoms with van der Waals surface area (Å²) in [5.41, 5.74) is 3.61. The Bertz CT molecular complexity index is 970. The van der Waals surface area contributed by atoms with Gasteiger partial charge in [0.2, 0.25) is 11.8 Å². The van der Waals surface area contributed by atoms with Crippen LogP contribution in [0.3, 0.4) is 0 Å². The predicted molar refractivity (Wildman–Crippen MR) is 122 cm³/mol. The van der Waals surface area contributed by atoms with Crippen LogP contribution in [0.4, 0.5) is 4.79 Å². The second kappa shape index (κ2) is 9.38. The van der Waals surface area contributed by atoms with Crippen molar-refractivity contribution in [1.29, 1.82) is 0 Å². The molecule has 182 valence electrons. The molecule has 1 spiro atoms. The number of benzene rings is 1. The summed E-state index contributed by atoms with van der Waals surface area (Å²) in [6.07, 6.45) is 4.62. The molecule has 3 aliphatic heterocycles. The van der Waals surface area contributed by atoms with Gasteiger partial charge >= 0.3 is 6.09 Å². The third-order valence-electron chi connectivity index (χ3n) is 7.58. The molecule has 0 aromatic heterocycles. The van der Waals surface area contributed by atoms with Gasteiger partial charge in [0.15, 0.2) is 0 Å². The third kappa shape index (κ3) is 4.54. The highest BCUT2D eigenvalue weighted by molar-refractivity contribution is 5.94. The lowest BCUT2D eigenvalue weighted by atomic mass is 9.80. The topological polar surface area (TPSA) is 108 Å². The number of amides is 3. The van der Waals surface area contributed by atoms with Crippen molar-refractivity contribution in [1.82, 2.24) is 15.3 Å². The van der Waals surface area contributed by atoms with Gasteiger partial charge in [0, 0.05) is 32.5 Å². The van der Waals surface area contributed by atoms with Crippen LogP contribution in [0.2, 0.25) is 0 Å². The molecular weight excluding hydrogens is 438 g/mol. The number of hydrogen-bond acceptors (Lipinski definition) is 6. The fourth-order valence-electron chi connectivity index (χ4n) is 5.44. The van der Waals surface area contributed by atoms with Crippen LogP contribution in [0.5, 0.6) is 0 Å². The summed E-state index contributed by atoms with van der Waals surface area (Å²) >= 11 is 0. The van der Waals surface area contributed by atoms with E-state index in [1.165, 1.54) is 4.90 Å². The van der Waals surface area contributed by atoms with Crippen molar-refractivity contribution in [2.75, 3.05) is 32.8 Å². The summed E-state index contributed by atoms with van der Waals surface area (Å²) in [5, 5.41) is 9.44. The van der Waals surface area contributed by atoms with Crippen LogP contribution in [0.15, 0.2) is 36.4 Å². The number of nitrogens with one attached hydrogen (secondary N) is 1. The summed E-state index contributed by atoms with van der Waals surface area (Å²) in [7, 11) is 0. The molecule has 2 saturated heterocycles. The number of nitrogens with zero attached hydrogens (tertiary/aromatic N) is 2. The first-order valence-corrected chi connectivity index (χ1v) is 12.0. The van der Waals surface area contributed by atoms with Crippen LogP contribution in [-0.2, 0) is 19.1 Å². The number of piperidine rings is 1. The molecule has 0 radical (unpaired) electrons. The lowest BCUT2D eigenvalue weighted by molar-refractivity contribution is -0.150. The van der Waals surface area contributed by atoms with Gasteiger partial charge in [-0.05, 0) is 35.8 Å². The lowest BCUT2D eigenvalue weighted by Crippen LogP contribution is -2.62. The minimum absolute atomic E-state index is 0.193. The van der Waals surface area contributed by atoms with Gasteiger partial charge in [0.05, 0.1) is 19.1 Å². The van der Waals surface area contributed by atoms with Crippen LogP contribution < -0.4 is 5.48 Å². The van der Waals surface area contributed by atoms with Crippen molar-refractivity contribution >= 4 is 23.5 Å². The van der Waals surface area contributed by atoms with E-state index in [2.05, 4.69) is 0 Å². The maximum Gasteiger partial charge on any atom is 0.410 e. The second-order valence-corrected chi connectivity index (χ2v) is 9.87. The van der Waals surface area contributed by atoms with Crippen molar-refractivity contribution in [3.8, 4) is 0 Å². The molecule has 1 saturated carbocycles. The molecule has 1 aromatic rings. The largest absolute Gasteiger partial charge is 0.446 e. The van der Waals surface area contributed by atoms with E-state index in [1.54, 1.807) is 10.4 Å². The molecule has 2 atom stereocenters. The molecule has 9 nitrogen and oxygen atoms in total. The van der Waals surface area contributed by atoms with Gasteiger partial charge < -0.3 is 14.4 Å². The highest BCUT2D eigenvalue weighted by Crippen LogP contribution is 2.55. The van der Waals surface area contributed by atoms with Gasteiger partial charge in [-0.2, -0.15) is 0 Å². The standard InChI is InChI=1S/C25H31N3O6/c29-22(26-32)20-14-25(9-10-25)16-28(24(31)34-19-7-12-33-13-8-19)21(20)23(30)27-11-6-18(15-27)17-4-2-1-3-5-17/h1-6,19-21,32H,7-16H2,(H,26,29). The molecule has 9 heteroatoms. The normalized spacial score (nSPS) is 26.2. The molecule has 4 aliphatic rings. The molecule has 3 fully saturated rings. The number of carbonyl (C=O) groups is 3. The number of hydroxylamine groups is 1. The van der Waals surface area contributed by atoms with Gasteiger partial charge in [0.25, 0.3) is 0 Å². The Labute approximate surface area is 198 Å². The quantitative estimate of drug-likeness (QED) is 0.517. The van der Waals surface area contributed by atoms with E-state index in [4.69, 9.17) is 9.47 Å². The lowest BCUT2D eigenvalue weighted by Gasteiger charge is -2.44. The molecule has 2 N–H and O–H groups in total. The Hall–Kier alpha value is -2.91. The Morgan fingerprint density at radius 2 is 1.85 bits per heavy atom. The van der Waals surface area contributed by atoms with E-state index < -0.39 is 24.0 Å². The van der Waals surface area contributed by atoms with E-state index in [9.17, 15) is 19.6 Å². The third-order valence-corrected chi connectivity index (χ3v) is 7.58. The van der Waals surface area contributed by atoms with Gasteiger partial charge in [-0.3, -0.25) is 19.7 Å². The zero-order chi connectivity index (χ0) is 23.7. The second-order valence-electron chi connectivity index (χ2n) is 9.87. The maximum absolute atomic E-state index is 13.8. The number of carbonyl (C=O) groups excluding carboxylic acids is 3. The van der Waals surface area contributed by atoms with Crippen LogP contribution in [0.25, 0.3) is 5.57 Å². The predicted octanol–water partition coefficient (Wildman–Crippen LogP) is 2.20. The fourth-order valence-corrected chi connectivity index (χ4v) is 5.44. The van der Waals surface area contributed by atoms with E-state index in [0.717, 1.165) is 24.0 Å². The van der Waals surface area contributed by atoms with Crippen molar-refractivity contribution in [3.63, 3.8) is 0 Å². The van der Waals surface area contributed by atoms with E-state index in [-0.39, 0.29) is 17.4 Å². The fraction of sp³-hybridized carbons (Fsp3) is 0.560. The van der Waals surface area contributed by atoms with Crippen LogP contribution in [0, 0.1) is 11.3 Å². The summed E-state index contributed by atoms with van der Waals surface area (Å²) in [6.45, 7) is 2.25. The SMILES string of the molecule is O=C(NO)C1CC2(CC2)CN(C(=O)OC2CCOCC2)C1C(=O)N1CC=C(c2ccccc2)C1. The molecule has 2 unspecified atom stereocenters. The Morgan fingerprint density at radius 1 is 1.12 bits per heavy atom. The average molecular weight is 470 g/mol. The van der Waals surface area contributed by atoms with Crippen LogP contribution in [0.1, 0.15) is 37.7 Å². The number of likely N-dealkylation sites (tertiary alicyclic amines) is 1. The number of ether oxygens (including phenoxy) is 2. The molecule has 1 aromatic carbocycles. The average Bonchev–Trinajstić information content (AvgIpc) is 3.42. The first-order chi connectivity index (χ1) is 16.5. The van der Waals surface area contributed by atoms with E-state index >= 15 is 0 Å². The van der Waals surface area contributed by atoms with Crippen molar-refractivity contribution < 1.29 is 29.1 Å². The molecule has 5 rings (SSSR count). The van der Waals surface area contributed by atoms with Gasteiger partial charge in [-0.15, -0.1) is 0 Å². The number of rotatable bonds is 4. The van der Waals surface area contributed by atoms with Crippen LogP contribution >= 0.6 is 0 Å². The van der Waals surface area contributed by atoms with Crippen molar-refractivity contribution in [2.24, 2.45) is 11.3 Å². The van der Waals surface area contributed by atoms with Gasteiger partial charge in [-0.1, -0.05) is 36.4 Å². The molecule has 34 heavy (non-hydrogen) atoms. The molecule has 0 bridgehead atoms. The minimum atomic E-state index is -1.02. The van der Waals surface area contributed by atoms with Crippen molar-refractivity contribution in [2.45, 2.75) is 44.2 Å². The van der Waals surface area contributed by atoms with Crippen LogP contribution in [-0.4, -0.2) is 77.9 Å². The van der Waals surface area contributed by atoms with E-state index in [0.29, 0.717) is 52.1 Å². The Balaban J connectivity index is 1.38. The first kappa shape index (κ1) is 22.9. The smallest absolute Gasteiger partial charge is 0.410 e. The highest BCUT2D eigenvalue weighted by Gasteiger charge is 2.58. The summed E-state index contributed by atoms with van der Waals surface area (Å²) in [6, 6.07) is 8.82. The summed E-state index contributed by atoms with van der Waals surface area (Å²) < 4.78 is 11.1. The monoisotopic (exact) mass is 469 g/mol. The first-order valence-electron chi connectivity index (χ1n) is 12.0. The Morgan fingerprint density at radius 3 is 2.53 bits per heavy atom. The zero-order valence-corrected chi connectivity index (χ0v) is 19.2. The van der Waals surface area contributed by atoms with Gasteiger partial charge in [-0.25, -0.2) is 10.3 Å². The van der Waals surface area contributed by atoms with Crippen molar-refractivity contribution in [3.05, 3.63) is 42.0 Å². The molecule has 1 aliphatic carbocycles. The maximum atomic E-state index is 13.8. The summed E-state index contributed by atoms with van der Waals surface area (Å²) in [4.78, 5) is 43.0. The molecular formula is C25H31N3O6.